The van der Waals surface area contributed by atoms with Gasteiger partial charge in [-0.2, -0.15) is 0 Å². The molecule has 1 heterocycles. The fourth-order valence-corrected chi connectivity index (χ4v) is 2.46. The molecule has 2 N–H and O–H groups in total. The zero-order chi connectivity index (χ0) is 13.1. The van der Waals surface area contributed by atoms with Crippen LogP contribution in [-0.2, 0) is 6.54 Å². The quantitative estimate of drug-likeness (QED) is 0.905. The van der Waals surface area contributed by atoms with Gasteiger partial charge in [-0.3, -0.25) is 0 Å². The molecule has 18 heavy (non-hydrogen) atoms. The largest absolute Gasteiger partial charge is 0.495 e. The van der Waals surface area contributed by atoms with Gasteiger partial charge in [-0.1, -0.05) is 11.6 Å². The molecule has 0 aliphatic carbocycles. The minimum absolute atomic E-state index is 0.570. The number of nitrogens with zero attached hydrogens (tertiary/aromatic N) is 1. The number of imidazole rings is 1. The van der Waals surface area contributed by atoms with Gasteiger partial charge < -0.3 is 15.0 Å². The molecule has 0 spiro atoms. The van der Waals surface area contributed by atoms with Crippen LogP contribution >= 0.6 is 27.5 Å². The molecule has 0 saturated carbocycles. The van der Waals surface area contributed by atoms with Gasteiger partial charge in [0, 0.05) is 5.56 Å². The zero-order valence-corrected chi connectivity index (χ0v) is 12.4. The van der Waals surface area contributed by atoms with Crippen LogP contribution in [0.3, 0.4) is 0 Å². The molecule has 0 saturated heterocycles. The van der Waals surface area contributed by atoms with E-state index in [9.17, 15) is 0 Å². The van der Waals surface area contributed by atoms with Gasteiger partial charge in [0.15, 0.2) is 0 Å². The minimum atomic E-state index is 0.570. The van der Waals surface area contributed by atoms with E-state index in [0.717, 1.165) is 21.7 Å². The lowest BCUT2D eigenvalue weighted by Crippen LogP contribution is -2.06. The summed E-state index contributed by atoms with van der Waals surface area (Å²) in [5.74, 6) is 1.52. The Labute approximate surface area is 119 Å². The first-order valence-corrected chi connectivity index (χ1v) is 6.55. The van der Waals surface area contributed by atoms with Crippen molar-refractivity contribution in [1.82, 2.24) is 15.3 Å². The number of nitrogens with one attached hydrogen (secondary N) is 2. The highest BCUT2D eigenvalue weighted by Crippen LogP contribution is 2.32. The molecule has 0 amide bonds. The highest BCUT2D eigenvalue weighted by Gasteiger charge is 2.11. The van der Waals surface area contributed by atoms with E-state index >= 15 is 0 Å². The van der Waals surface area contributed by atoms with Crippen molar-refractivity contribution in [2.24, 2.45) is 0 Å². The lowest BCUT2D eigenvalue weighted by atomic mass is 10.1. The number of methoxy groups -OCH3 is 1. The summed E-state index contributed by atoms with van der Waals surface area (Å²) >= 11 is 9.57. The fraction of sp³-hybridized carbons (Fsp3) is 0.250. The number of H-pyrrole nitrogens is 1. The van der Waals surface area contributed by atoms with Gasteiger partial charge in [0.2, 0.25) is 0 Å². The molecule has 96 valence electrons. The molecule has 0 atom stereocenters. The van der Waals surface area contributed by atoms with Gasteiger partial charge >= 0.3 is 0 Å². The smallest absolute Gasteiger partial charge is 0.137 e. The van der Waals surface area contributed by atoms with Crippen molar-refractivity contribution in [1.29, 1.82) is 0 Å². The average Bonchev–Trinajstić information content (AvgIpc) is 2.71. The van der Waals surface area contributed by atoms with Crippen LogP contribution in [0.15, 0.2) is 22.8 Å². The second-order valence-corrected chi connectivity index (χ2v) is 4.93. The van der Waals surface area contributed by atoms with Crippen LogP contribution < -0.4 is 10.1 Å². The zero-order valence-electron chi connectivity index (χ0n) is 10.1. The lowest BCUT2D eigenvalue weighted by Gasteiger charge is -2.04. The first kappa shape index (κ1) is 13.4. The molecule has 0 radical (unpaired) electrons. The van der Waals surface area contributed by atoms with E-state index in [2.05, 4.69) is 31.2 Å². The Morgan fingerprint density at radius 1 is 1.50 bits per heavy atom. The summed E-state index contributed by atoms with van der Waals surface area (Å²) in [6.07, 6.45) is 0. The number of benzene rings is 1. The van der Waals surface area contributed by atoms with Crippen LogP contribution in [0.4, 0.5) is 0 Å². The van der Waals surface area contributed by atoms with Crippen LogP contribution in [0.25, 0.3) is 11.3 Å². The Morgan fingerprint density at radius 2 is 2.28 bits per heavy atom. The molecule has 1 aromatic heterocycles. The standard InChI is InChI=1S/C12H13BrClN3O/c1-15-6-10-16-11(12(13)17-10)7-3-4-9(18-2)8(14)5-7/h3-5,15H,6H2,1-2H3,(H,16,17). The van der Waals surface area contributed by atoms with Gasteiger partial charge in [-0.25, -0.2) is 4.98 Å². The molecule has 0 fully saturated rings. The number of rotatable bonds is 4. The highest BCUT2D eigenvalue weighted by molar-refractivity contribution is 9.10. The van der Waals surface area contributed by atoms with Crippen molar-refractivity contribution in [2.45, 2.75) is 6.54 Å². The summed E-state index contributed by atoms with van der Waals surface area (Å²) in [4.78, 5) is 7.66. The van der Waals surface area contributed by atoms with Crippen LogP contribution in [-0.4, -0.2) is 24.1 Å². The highest BCUT2D eigenvalue weighted by atomic mass is 79.9. The Bertz CT molecular complexity index is 556. The third kappa shape index (κ3) is 2.68. The van der Waals surface area contributed by atoms with Gasteiger partial charge in [-0.15, -0.1) is 0 Å². The van der Waals surface area contributed by atoms with E-state index in [-0.39, 0.29) is 0 Å². The van der Waals surface area contributed by atoms with Gasteiger partial charge in [0.25, 0.3) is 0 Å². The van der Waals surface area contributed by atoms with Crippen molar-refractivity contribution >= 4 is 27.5 Å². The summed E-state index contributed by atoms with van der Waals surface area (Å²) < 4.78 is 5.97. The van der Waals surface area contributed by atoms with Crippen molar-refractivity contribution in [3.05, 3.63) is 33.6 Å². The monoisotopic (exact) mass is 329 g/mol. The Balaban J connectivity index is 2.39. The number of aromatic nitrogens is 2. The summed E-state index contributed by atoms with van der Waals surface area (Å²) in [7, 11) is 3.47. The molecular weight excluding hydrogens is 318 g/mol. The van der Waals surface area contributed by atoms with Gasteiger partial charge in [0.1, 0.15) is 21.9 Å². The first-order chi connectivity index (χ1) is 8.65. The van der Waals surface area contributed by atoms with E-state index in [1.807, 2.05) is 25.2 Å². The molecule has 0 bridgehead atoms. The minimum Gasteiger partial charge on any atom is -0.495 e. The summed E-state index contributed by atoms with van der Waals surface area (Å²) in [5, 5.41) is 3.61. The lowest BCUT2D eigenvalue weighted by molar-refractivity contribution is 0.415. The van der Waals surface area contributed by atoms with E-state index in [0.29, 0.717) is 17.3 Å². The predicted octanol–water partition coefficient (Wildman–Crippen LogP) is 3.22. The number of halogens is 2. The molecule has 6 heteroatoms. The fourth-order valence-electron chi connectivity index (χ4n) is 1.65. The van der Waals surface area contributed by atoms with Crippen molar-refractivity contribution < 1.29 is 4.74 Å². The molecular formula is C12H13BrClN3O. The third-order valence-electron chi connectivity index (χ3n) is 2.48. The first-order valence-electron chi connectivity index (χ1n) is 5.38. The Morgan fingerprint density at radius 3 is 2.89 bits per heavy atom. The molecule has 0 aliphatic heterocycles. The average molecular weight is 331 g/mol. The maximum atomic E-state index is 6.11. The van der Waals surface area contributed by atoms with Crippen LogP contribution in [0.2, 0.25) is 5.02 Å². The number of hydrogen-bond donors (Lipinski definition) is 2. The molecule has 1 aromatic carbocycles. The number of ether oxygens (including phenoxy) is 1. The molecule has 0 unspecified atom stereocenters. The summed E-state index contributed by atoms with van der Waals surface area (Å²) in [5.41, 5.74) is 1.77. The second kappa shape index (κ2) is 5.73. The van der Waals surface area contributed by atoms with Crippen LogP contribution in [0.5, 0.6) is 5.75 Å². The van der Waals surface area contributed by atoms with E-state index < -0.39 is 0 Å². The van der Waals surface area contributed by atoms with Crippen molar-refractivity contribution in [3.8, 4) is 17.0 Å². The second-order valence-electron chi connectivity index (χ2n) is 3.73. The third-order valence-corrected chi connectivity index (χ3v) is 3.35. The van der Waals surface area contributed by atoms with Crippen molar-refractivity contribution in [2.75, 3.05) is 14.2 Å². The summed E-state index contributed by atoms with van der Waals surface area (Å²) in [6, 6.07) is 5.59. The van der Waals surface area contributed by atoms with Gasteiger partial charge in [0.05, 0.1) is 18.7 Å². The number of hydrogen-bond acceptors (Lipinski definition) is 3. The molecule has 4 nitrogen and oxygen atoms in total. The topological polar surface area (TPSA) is 49.9 Å². The van der Waals surface area contributed by atoms with E-state index in [1.54, 1.807) is 7.11 Å². The summed E-state index contributed by atoms with van der Waals surface area (Å²) in [6.45, 7) is 0.683. The van der Waals surface area contributed by atoms with Crippen LogP contribution in [0.1, 0.15) is 5.82 Å². The maximum absolute atomic E-state index is 6.11. The van der Waals surface area contributed by atoms with Crippen molar-refractivity contribution in [3.63, 3.8) is 0 Å². The predicted molar refractivity (Wildman–Crippen MR) is 76.0 cm³/mol. The molecule has 0 aliphatic rings. The van der Waals surface area contributed by atoms with Gasteiger partial charge in [-0.05, 0) is 41.2 Å². The Kier molecular flexibility index (Phi) is 4.27. The molecule has 2 aromatic rings. The Hall–Kier alpha value is -1.04. The van der Waals surface area contributed by atoms with E-state index in [1.165, 1.54) is 0 Å². The maximum Gasteiger partial charge on any atom is 0.137 e. The SMILES string of the molecule is CNCc1nc(-c2ccc(OC)c(Cl)c2)c(Br)[nH]1. The number of aromatic amines is 1. The van der Waals surface area contributed by atoms with E-state index in [4.69, 9.17) is 16.3 Å². The molecule has 2 rings (SSSR count). The normalized spacial score (nSPS) is 10.7. The van der Waals surface area contributed by atoms with Crippen LogP contribution in [0, 0.1) is 0 Å².